The fraction of sp³-hybridized carbons (Fsp3) is 0.0571. The third-order valence-corrected chi connectivity index (χ3v) is 6.72. The maximum Gasteiger partial charge on any atom is 0.280 e. The molecule has 2 amide bonds. The quantitative estimate of drug-likeness (QED) is 0.0769. The molecule has 0 unspecified atom stereocenters. The highest BCUT2D eigenvalue weighted by Gasteiger charge is 2.18. The van der Waals surface area contributed by atoms with Crippen molar-refractivity contribution in [3.8, 4) is 11.3 Å². The highest BCUT2D eigenvalue weighted by molar-refractivity contribution is 6.15. The van der Waals surface area contributed by atoms with Crippen molar-refractivity contribution in [2.24, 2.45) is 0 Å². The number of para-hydroxylation sites is 1. The Labute approximate surface area is 253 Å². The van der Waals surface area contributed by atoms with Gasteiger partial charge in [0, 0.05) is 29.0 Å². The summed E-state index contributed by atoms with van der Waals surface area (Å²) in [7, 11) is 0. The largest absolute Gasteiger partial charge is 0.456 e. The van der Waals surface area contributed by atoms with Crippen LogP contribution in [0.4, 0.5) is 17.1 Å². The van der Waals surface area contributed by atoms with Gasteiger partial charge in [-0.3, -0.25) is 24.5 Å². The standard InChI is InChI=1S/C35H27N3O6/c1-23-11-13-24(14-12-23)21-34(40)37-30-18-15-26(22-29(30)35(41)25-7-3-2-4-8-25)36-33(39)20-17-27-16-19-32(44-27)28-9-5-6-10-31(28)38(42)43/h2-20,22H,21H2,1H3,(H,36,39)(H,37,40)/b20-17+. The SMILES string of the molecule is Cc1ccc(CC(=O)Nc2ccc(NC(=O)/C=C/c3ccc(-c4ccccc4[N+](=O)[O-])o3)cc2C(=O)c2ccccc2)cc1. The average molecular weight is 586 g/mol. The Hall–Kier alpha value is -6.09. The van der Waals surface area contributed by atoms with Crippen LogP contribution in [-0.4, -0.2) is 22.5 Å². The first kappa shape index (κ1) is 29.4. The molecule has 0 saturated carbocycles. The van der Waals surface area contributed by atoms with Crippen LogP contribution in [0, 0.1) is 17.0 Å². The number of benzene rings is 4. The number of rotatable bonds is 10. The maximum atomic E-state index is 13.4. The predicted octanol–water partition coefficient (Wildman–Crippen LogP) is 7.23. The van der Waals surface area contributed by atoms with Gasteiger partial charge in [-0.15, -0.1) is 0 Å². The van der Waals surface area contributed by atoms with E-state index in [0.717, 1.165) is 11.1 Å². The molecule has 0 atom stereocenters. The Morgan fingerprint density at radius 3 is 2.32 bits per heavy atom. The molecule has 0 saturated heterocycles. The van der Waals surface area contributed by atoms with Gasteiger partial charge in [-0.25, -0.2) is 0 Å². The van der Waals surface area contributed by atoms with Crippen LogP contribution in [0.15, 0.2) is 120 Å². The van der Waals surface area contributed by atoms with Gasteiger partial charge in [-0.1, -0.05) is 72.3 Å². The van der Waals surface area contributed by atoms with E-state index in [2.05, 4.69) is 10.6 Å². The molecule has 1 aromatic heterocycles. The van der Waals surface area contributed by atoms with Gasteiger partial charge < -0.3 is 15.1 Å². The number of amides is 2. The smallest absolute Gasteiger partial charge is 0.280 e. The van der Waals surface area contributed by atoms with E-state index in [-0.39, 0.29) is 29.4 Å². The highest BCUT2D eigenvalue weighted by Crippen LogP contribution is 2.31. The molecule has 5 rings (SSSR count). The molecule has 5 aromatic rings. The monoisotopic (exact) mass is 585 g/mol. The third kappa shape index (κ3) is 7.21. The maximum absolute atomic E-state index is 13.4. The van der Waals surface area contributed by atoms with Crippen molar-refractivity contribution in [3.63, 3.8) is 0 Å². The molecule has 0 radical (unpaired) electrons. The third-order valence-electron chi connectivity index (χ3n) is 6.72. The summed E-state index contributed by atoms with van der Waals surface area (Å²) in [6.07, 6.45) is 2.82. The Bertz CT molecular complexity index is 1870. The number of hydrogen-bond donors (Lipinski definition) is 2. The van der Waals surface area contributed by atoms with Crippen molar-refractivity contribution in [1.82, 2.24) is 0 Å². The molecule has 0 aliphatic carbocycles. The summed E-state index contributed by atoms with van der Waals surface area (Å²) in [6.45, 7) is 1.97. The van der Waals surface area contributed by atoms with Crippen molar-refractivity contribution < 1.29 is 23.7 Å². The van der Waals surface area contributed by atoms with Gasteiger partial charge >= 0.3 is 0 Å². The normalized spacial score (nSPS) is 10.8. The summed E-state index contributed by atoms with van der Waals surface area (Å²) in [5.41, 5.74) is 3.47. The van der Waals surface area contributed by atoms with Crippen LogP contribution >= 0.6 is 0 Å². The zero-order chi connectivity index (χ0) is 31.1. The van der Waals surface area contributed by atoms with Gasteiger partial charge in [-0.2, -0.15) is 0 Å². The second-order valence-electron chi connectivity index (χ2n) is 9.96. The molecule has 9 nitrogen and oxygen atoms in total. The first-order valence-corrected chi connectivity index (χ1v) is 13.7. The molecular formula is C35H27N3O6. The molecule has 9 heteroatoms. The average Bonchev–Trinajstić information content (AvgIpc) is 3.51. The van der Waals surface area contributed by atoms with Crippen molar-refractivity contribution in [2.75, 3.05) is 10.6 Å². The van der Waals surface area contributed by atoms with Gasteiger partial charge in [0.25, 0.3) is 5.69 Å². The number of nitro benzene ring substituents is 1. The second kappa shape index (κ2) is 13.3. The number of ketones is 1. The number of carbonyl (C=O) groups excluding carboxylic acids is 3. The second-order valence-corrected chi connectivity index (χ2v) is 9.96. The van der Waals surface area contributed by atoms with Gasteiger partial charge in [0.15, 0.2) is 5.78 Å². The Morgan fingerprint density at radius 1 is 0.841 bits per heavy atom. The van der Waals surface area contributed by atoms with Crippen LogP contribution < -0.4 is 10.6 Å². The molecular weight excluding hydrogens is 558 g/mol. The topological polar surface area (TPSA) is 132 Å². The van der Waals surface area contributed by atoms with E-state index in [0.29, 0.717) is 34.0 Å². The summed E-state index contributed by atoms with van der Waals surface area (Å²) in [4.78, 5) is 49.9. The number of aryl methyl sites for hydroxylation is 1. The number of carbonyl (C=O) groups is 3. The van der Waals surface area contributed by atoms with Gasteiger partial charge in [0.1, 0.15) is 11.5 Å². The molecule has 2 N–H and O–H groups in total. The summed E-state index contributed by atoms with van der Waals surface area (Å²) >= 11 is 0. The molecule has 218 valence electrons. The fourth-order valence-corrected chi connectivity index (χ4v) is 4.52. The molecule has 0 fully saturated rings. The van der Waals surface area contributed by atoms with Crippen LogP contribution in [0.2, 0.25) is 0 Å². The molecule has 0 aliphatic heterocycles. The summed E-state index contributed by atoms with van der Waals surface area (Å²) < 4.78 is 5.71. The molecule has 44 heavy (non-hydrogen) atoms. The summed E-state index contributed by atoms with van der Waals surface area (Å²) in [5.74, 6) is -0.487. The predicted molar refractivity (Wildman–Crippen MR) is 168 cm³/mol. The van der Waals surface area contributed by atoms with Crippen molar-refractivity contribution in [1.29, 1.82) is 0 Å². The van der Waals surface area contributed by atoms with E-state index in [9.17, 15) is 24.5 Å². The van der Waals surface area contributed by atoms with E-state index < -0.39 is 10.8 Å². The van der Waals surface area contributed by atoms with E-state index in [1.165, 1.54) is 24.3 Å². The minimum absolute atomic E-state index is 0.0919. The minimum atomic E-state index is -0.497. The van der Waals surface area contributed by atoms with Crippen LogP contribution in [0.25, 0.3) is 17.4 Å². The van der Waals surface area contributed by atoms with E-state index in [1.54, 1.807) is 72.8 Å². The first-order valence-electron chi connectivity index (χ1n) is 13.7. The number of furan rings is 1. The molecule has 4 aromatic carbocycles. The van der Waals surface area contributed by atoms with Crippen LogP contribution in [-0.2, 0) is 16.0 Å². The molecule has 0 spiro atoms. The lowest BCUT2D eigenvalue weighted by molar-refractivity contribution is -0.384. The van der Waals surface area contributed by atoms with E-state index >= 15 is 0 Å². The van der Waals surface area contributed by atoms with Crippen molar-refractivity contribution in [3.05, 3.63) is 153 Å². The zero-order valence-corrected chi connectivity index (χ0v) is 23.7. The Kier molecular flexibility index (Phi) is 8.86. The molecule has 0 aliphatic rings. The Balaban J connectivity index is 1.33. The van der Waals surface area contributed by atoms with E-state index in [4.69, 9.17) is 4.42 Å². The summed E-state index contributed by atoms with van der Waals surface area (Å²) in [6, 6.07) is 30.3. The number of anilines is 2. The zero-order valence-electron chi connectivity index (χ0n) is 23.7. The van der Waals surface area contributed by atoms with Gasteiger partial charge in [0.2, 0.25) is 11.8 Å². The molecule has 0 bridgehead atoms. The van der Waals surface area contributed by atoms with Crippen molar-refractivity contribution >= 4 is 40.7 Å². The number of hydrogen-bond acceptors (Lipinski definition) is 6. The highest BCUT2D eigenvalue weighted by atomic mass is 16.6. The number of nitrogens with one attached hydrogen (secondary N) is 2. The van der Waals surface area contributed by atoms with Crippen LogP contribution in [0.3, 0.4) is 0 Å². The van der Waals surface area contributed by atoms with Gasteiger partial charge in [0.05, 0.1) is 22.6 Å². The van der Waals surface area contributed by atoms with E-state index in [1.807, 2.05) is 31.2 Å². The van der Waals surface area contributed by atoms with Crippen molar-refractivity contribution in [2.45, 2.75) is 13.3 Å². The summed E-state index contributed by atoms with van der Waals surface area (Å²) in [5, 5.41) is 16.9. The number of nitrogens with zero attached hydrogens (tertiary/aromatic N) is 1. The lowest BCUT2D eigenvalue weighted by Crippen LogP contribution is -2.18. The lowest BCUT2D eigenvalue weighted by atomic mass is 10.0. The minimum Gasteiger partial charge on any atom is -0.456 e. The fourth-order valence-electron chi connectivity index (χ4n) is 4.52. The van der Waals surface area contributed by atoms with Crippen LogP contribution in [0.5, 0.6) is 0 Å². The number of nitro groups is 1. The molecule has 1 heterocycles. The lowest BCUT2D eigenvalue weighted by Gasteiger charge is -2.13. The first-order chi connectivity index (χ1) is 21.3. The van der Waals surface area contributed by atoms with Gasteiger partial charge in [-0.05, 0) is 55.0 Å². The van der Waals surface area contributed by atoms with Crippen LogP contribution in [0.1, 0.15) is 32.8 Å². The Morgan fingerprint density at radius 2 is 1.57 bits per heavy atom.